The molecule has 3 aromatic rings. The molecule has 3 amide bonds. The summed E-state index contributed by atoms with van der Waals surface area (Å²) in [6.07, 6.45) is 4.31. The number of carbonyl (C=O) groups is 2. The van der Waals surface area contributed by atoms with Crippen LogP contribution in [0.1, 0.15) is 50.4 Å². The van der Waals surface area contributed by atoms with Crippen LogP contribution in [0.25, 0.3) is 0 Å². The number of rotatable bonds is 9. The van der Waals surface area contributed by atoms with Crippen LogP contribution in [-0.4, -0.2) is 104 Å². The van der Waals surface area contributed by atoms with Gasteiger partial charge in [0.2, 0.25) is 0 Å². The molecule has 1 aromatic heterocycles. The van der Waals surface area contributed by atoms with Crippen LogP contribution in [-0.2, 0) is 21.8 Å². The second-order valence-corrected chi connectivity index (χ2v) is 14.2. The lowest BCUT2D eigenvalue weighted by atomic mass is 10.0. The molecule has 49 heavy (non-hydrogen) atoms. The predicted octanol–water partition coefficient (Wildman–Crippen LogP) is 4.19. The number of hydrogen-bond acceptors (Lipinski definition) is 9. The van der Waals surface area contributed by atoms with Gasteiger partial charge >= 0.3 is 6.03 Å². The van der Waals surface area contributed by atoms with E-state index in [-0.39, 0.29) is 54.0 Å². The Morgan fingerprint density at radius 3 is 2.53 bits per heavy atom. The second-order valence-electron chi connectivity index (χ2n) is 12.5. The van der Waals surface area contributed by atoms with Crippen molar-refractivity contribution < 1.29 is 37.3 Å². The summed E-state index contributed by atoms with van der Waals surface area (Å²) >= 11 is 0. The van der Waals surface area contributed by atoms with E-state index in [1.54, 1.807) is 69.4 Å². The summed E-state index contributed by atoms with van der Waals surface area (Å²) in [5.41, 5.74) is 0.916. The maximum absolute atomic E-state index is 14.4. The number of hydrogen-bond donors (Lipinski definition) is 3. The first-order chi connectivity index (χ1) is 23.3. The molecule has 0 radical (unpaired) electrons. The number of ether oxygens (including phenoxy) is 3. The molecule has 15 heteroatoms. The van der Waals surface area contributed by atoms with Crippen molar-refractivity contribution >= 4 is 33.3 Å². The van der Waals surface area contributed by atoms with Gasteiger partial charge in [-0.25, -0.2) is 9.78 Å². The SMILES string of the molecule is COc1ccc(NC(=O)N(C)C[C@H]2OCCCC[C@@H](C)Oc3ccc(NS(=O)(=O)c4cn(C)cn4)cc3C(=O)N([C@H](C)CO)C[C@H]2C)cc1. The smallest absolute Gasteiger partial charge is 0.321 e. The van der Waals surface area contributed by atoms with E-state index in [0.29, 0.717) is 30.2 Å². The molecule has 0 fully saturated rings. The standard InChI is InChI=1S/C34H48N6O8S/c1-23-18-40(24(2)21-41)33(42)29-17-27(37-49(44,45)32-20-38(4)22-35-32)12-15-30(29)48-25(3)9-7-8-16-47-31(23)19-39(5)34(43)36-26-10-13-28(46-6)14-11-26/h10-15,17,20,22-25,31,37,41H,7-9,16,18-19,21H2,1-6H3,(H,36,43)/t23-,24-,25-,31-/m1/s1. The summed E-state index contributed by atoms with van der Waals surface area (Å²) in [6, 6.07) is 10.7. The van der Waals surface area contributed by atoms with E-state index < -0.39 is 28.1 Å². The van der Waals surface area contributed by atoms with Gasteiger partial charge in [0.1, 0.15) is 11.5 Å². The molecule has 4 atom stereocenters. The highest BCUT2D eigenvalue weighted by Gasteiger charge is 2.31. The summed E-state index contributed by atoms with van der Waals surface area (Å²) < 4.78 is 47.9. The van der Waals surface area contributed by atoms with E-state index in [9.17, 15) is 23.1 Å². The highest BCUT2D eigenvalue weighted by atomic mass is 32.2. The highest BCUT2D eigenvalue weighted by molar-refractivity contribution is 7.92. The Morgan fingerprint density at radius 1 is 1.16 bits per heavy atom. The van der Waals surface area contributed by atoms with E-state index in [0.717, 1.165) is 12.8 Å². The number of likely N-dealkylation sites (N-methyl/N-ethyl adjacent to an activating group) is 1. The number of sulfonamides is 1. The molecule has 0 spiro atoms. The zero-order valence-corrected chi connectivity index (χ0v) is 29.8. The maximum Gasteiger partial charge on any atom is 0.321 e. The van der Waals surface area contributed by atoms with Gasteiger partial charge < -0.3 is 39.0 Å². The number of aliphatic hydroxyl groups excluding tert-OH is 1. The van der Waals surface area contributed by atoms with Crippen molar-refractivity contribution in [1.82, 2.24) is 19.4 Å². The quantitative estimate of drug-likeness (QED) is 0.297. The van der Waals surface area contributed by atoms with Gasteiger partial charge in [-0.2, -0.15) is 8.42 Å². The van der Waals surface area contributed by atoms with Gasteiger partial charge in [-0.1, -0.05) is 6.92 Å². The number of nitrogens with one attached hydrogen (secondary N) is 2. The summed E-state index contributed by atoms with van der Waals surface area (Å²) in [5, 5.41) is 12.9. The van der Waals surface area contributed by atoms with Crippen molar-refractivity contribution in [1.29, 1.82) is 0 Å². The van der Waals surface area contributed by atoms with Gasteiger partial charge in [-0.15, -0.1) is 0 Å². The molecule has 4 rings (SSSR count). The Labute approximate surface area is 288 Å². The summed E-state index contributed by atoms with van der Waals surface area (Å²) in [6.45, 7) is 6.14. The number of aliphatic hydroxyl groups is 1. The van der Waals surface area contributed by atoms with E-state index in [4.69, 9.17) is 14.2 Å². The lowest BCUT2D eigenvalue weighted by Gasteiger charge is -2.35. The number of urea groups is 1. The zero-order chi connectivity index (χ0) is 35.7. The van der Waals surface area contributed by atoms with Crippen molar-refractivity contribution in [3.05, 3.63) is 60.6 Å². The highest BCUT2D eigenvalue weighted by Crippen LogP contribution is 2.29. The molecule has 0 bridgehead atoms. The average molecular weight is 701 g/mol. The fourth-order valence-corrected chi connectivity index (χ4v) is 6.46. The topological polar surface area (TPSA) is 165 Å². The first-order valence-electron chi connectivity index (χ1n) is 16.3. The normalized spacial score (nSPS) is 19.9. The van der Waals surface area contributed by atoms with E-state index in [1.807, 2.05) is 13.8 Å². The number of aryl methyl sites for hydroxylation is 1. The Hall–Kier alpha value is -4.34. The van der Waals surface area contributed by atoms with Gasteiger partial charge in [-0.05, 0) is 75.6 Å². The Balaban J connectivity index is 1.60. The average Bonchev–Trinajstić information content (AvgIpc) is 3.53. The molecular weight excluding hydrogens is 652 g/mol. The van der Waals surface area contributed by atoms with Gasteiger partial charge in [-0.3, -0.25) is 9.52 Å². The molecule has 0 saturated carbocycles. The maximum atomic E-state index is 14.4. The Bertz CT molecular complexity index is 1660. The van der Waals surface area contributed by atoms with Gasteiger partial charge in [0.25, 0.3) is 15.9 Å². The largest absolute Gasteiger partial charge is 0.497 e. The molecule has 14 nitrogen and oxygen atoms in total. The predicted molar refractivity (Wildman–Crippen MR) is 186 cm³/mol. The number of carbonyl (C=O) groups excluding carboxylic acids is 2. The summed E-state index contributed by atoms with van der Waals surface area (Å²) in [5.74, 6) is 0.262. The summed E-state index contributed by atoms with van der Waals surface area (Å²) in [7, 11) is 0.885. The van der Waals surface area contributed by atoms with Crippen molar-refractivity contribution in [2.45, 2.75) is 63.3 Å². The van der Waals surface area contributed by atoms with E-state index in [1.165, 1.54) is 28.1 Å². The van der Waals surface area contributed by atoms with Crippen molar-refractivity contribution in [2.24, 2.45) is 13.0 Å². The molecule has 1 aliphatic rings. The van der Waals surface area contributed by atoms with Gasteiger partial charge in [0.05, 0.1) is 43.9 Å². The zero-order valence-electron chi connectivity index (χ0n) is 29.0. The third-order valence-electron chi connectivity index (χ3n) is 8.40. The number of anilines is 2. The van der Waals surface area contributed by atoms with Crippen LogP contribution in [0, 0.1) is 5.92 Å². The lowest BCUT2D eigenvalue weighted by Crippen LogP contribution is -2.48. The minimum Gasteiger partial charge on any atom is -0.497 e. The first kappa shape index (κ1) is 37.5. The minimum atomic E-state index is -4.04. The molecule has 2 heterocycles. The number of imidazole rings is 1. The number of methoxy groups -OCH3 is 1. The van der Waals surface area contributed by atoms with Crippen LogP contribution in [0.5, 0.6) is 11.5 Å². The summed E-state index contributed by atoms with van der Waals surface area (Å²) in [4.78, 5) is 34.5. The van der Waals surface area contributed by atoms with E-state index in [2.05, 4.69) is 15.0 Å². The van der Waals surface area contributed by atoms with Crippen molar-refractivity contribution in [3.8, 4) is 11.5 Å². The van der Waals surface area contributed by atoms with Crippen LogP contribution < -0.4 is 19.5 Å². The third kappa shape index (κ3) is 10.1. The molecule has 0 aliphatic carbocycles. The fraction of sp³-hybridized carbons (Fsp3) is 0.500. The van der Waals surface area contributed by atoms with E-state index >= 15 is 0 Å². The van der Waals surface area contributed by atoms with Crippen LogP contribution in [0.2, 0.25) is 0 Å². The van der Waals surface area contributed by atoms with Gasteiger partial charge in [0.15, 0.2) is 5.03 Å². The molecule has 3 N–H and O–H groups in total. The molecule has 1 aliphatic heterocycles. The first-order valence-corrected chi connectivity index (χ1v) is 17.8. The molecule has 0 unspecified atom stereocenters. The number of fused-ring (bicyclic) bond motifs is 1. The van der Waals surface area contributed by atoms with Crippen LogP contribution in [0.3, 0.4) is 0 Å². The molecule has 0 saturated heterocycles. The lowest BCUT2D eigenvalue weighted by molar-refractivity contribution is -0.0115. The monoisotopic (exact) mass is 700 g/mol. The van der Waals surface area contributed by atoms with Crippen LogP contribution in [0.4, 0.5) is 16.2 Å². The van der Waals surface area contributed by atoms with Gasteiger partial charge in [0, 0.05) is 57.3 Å². The Morgan fingerprint density at radius 2 is 1.88 bits per heavy atom. The van der Waals surface area contributed by atoms with Crippen molar-refractivity contribution in [2.75, 3.05) is 50.5 Å². The number of aromatic nitrogens is 2. The minimum absolute atomic E-state index is 0.145. The number of amides is 3. The third-order valence-corrected chi connectivity index (χ3v) is 9.67. The second kappa shape index (κ2) is 16.9. The van der Waals surface area contributed by atoms with Crippen LogP contribution in [0.15, 0.2) is 60.0 Å². The Kier molecular flexibility index (Phi) is 12.9. The fourth-order valence-electron chi connectivity index (χ4n) is 5.43. The van der Waals surface area contributed by atoms with Crippen LogP contribution >= 0.6 is 0 Å². The van der Waals surface area contributed by atoms with Crippen molar-refractivity contribution in [3.63, 3.8) is 0 Å². The molecular formula is C34H48N6O8S. The molecule has 2 aromatic carbocycles. The number of benzene rings is 2. The number of nitrogens with zero attached hydrogens (tertiary/aromatic N) is 4. The molecule has 268 valence electrons.